The summed E-state index contributed by atoms with van der Waals surface area (Å²) < 4.78 is 10.6. The van der Waals surface area contributed by atoms with Crippen molar-refractivity contribution in [3.63, 3.8) is 0 Å². The predicted molar refractivity (Wildman–Crippen MR) is 128 cm³/mol. The fourth-order valence-electron chi connectivity index (χ4n) is 4.46. The number of carbonyl (C=O) groups excluding carboxylic acids is 1. The van der Waals surface area contributed by atoms with Gasteiger partial charge in [-0.05, 0) is 57.9 Å². The predicted octanol–water partition coefficient (Wildman–Crippen LogP) is 4.78. The summed E-state index contributed by atoms with van der Waals surface area (Å²) in [5.41, 5.74) is 5.29. The summed E-state index contributed by atoms with van der Waals surface area (Å²) in [4.78, 5) is 16.9. The third-order valence-electron chi connectivity index (χ3n) is 6.21. The number of hydrogen-bond acceptors (Lipinski definition) is 5. The van der Waals surface area contributed by atoms with Crippen LogP contribution in [-0.4, -0.2) is 30.2 Å². The van der Waals surface area contributed by atoms with Gasteiger partial charge >= 0.3 is 0 Å². The molecule has 2 N–H and O–H groups in total. The Balaban J connectivity index is 1.60. The largest absolute Gasteiger partial charge is 0.502 e. The van der Waals surface area contributed by atoms with Crippen LogP contribution in [0.15, 0.2) is 60.9 Å². The lowest BCUT2D eigenvalue weighted by atomic mass is 9.88. The first-order valence-corrected chi connectivity index (χ1v) is 10.9. The highest BCUT2D eigenvalue weighted by molar-refractivity contribution is 5.89. The zero-order valence-electron chi connectivity index (χ0n) is 19.0. The lowest BCUT2D eigenvalue weighted by Crippen LogP contribution is -2.25. The summed E-state index contributed by atoms with van der Waals surface area (Å²) in [6, 6.07) is 15.6. The molecule has 2 atom stereocenters. The van der Waals surface area contributed by atoms with Crippen molar-refractivity contribution in [1.29, 1.82) is 0 Å². The van der Waals surface area contributed by atoms with E-state index in [0.717, 1.165) is 22.3 Å². The highest BCUT2D eigenvalue weighted by atomic mass is 16.5. The van der Waals surface area contributed by atoms with E-state index in [2.05, 4.69) is 35.4 Å². The number of nitrogens with zero attached hydrogens (tertiary/aromatic N) is 1. The minimum absolute atomic E-state index is 0.0136. The van der Waals surface area contributed by atoms with Crippen LogP contribution in [0.1, 0.15) is 41.5 Å². The van der Waals surface area contributed by atoms with Crippen molar-refractivity contribution < 1.29 is 19.4 Å². The van der Waals surface area contributed by atoms with E-state index in [1.165, 1.54) is 19.8 Å². The first kappa shape index (κ1) is 22.4. The van der Waals surface area contributed by atoms with Crippen molar-refractivity contribution >= 4 is 17.6 Å². The van der Waals surface area contributed by atoms with E-state index < -0.39 is 0 Å². The number of nitrogens with one attached hydrogen (secondary N) is 1. The number of carbonyl (C=O) groups is 1. The number of amides is 1. The molecule has 1 amide bonds. The molecule has 33 heavy (non-hydrogen) atoms. The van der Waals surface area contributed by atoms with E-state index in [-0.39, 0.29) is 23.5 Å². The SMILES string of the molecule is COc1cc(/C=C2\c3ccccc3C(CC(=O)NCc3cccnc3)C2C)cc(OC)c1O. The van der Waals surface area contributed by atoms with Gasteiger partial charge in [0.15, 0.2) is 11.5 Å². The van der Waals surface area contributed by atoms with Gasteiger partial charge in [0, 0.05) is 25.4 Å². The maximum atomic E-state index is 12.8. The number of pyridine rings is 1. The molecule has 1 aromatic heterocycles. The van der Waals surface area contributed by atoms with Crippen LogP contribution >= 0.6 is 0 Å². The standard InChI is InChI=1S/C27H28N2O4/c1-17-22(11-19-12-24(32-2)27(31)25(13-19)33-3)20-8-4-5-9-21(20)23(17)14-26(30)29-16-18-7-6-10-28-15-18/h4-13,15,17,23,31H,14,16H2,1-3H3,(H,29,30)/b22-11-. The van der Waals surface area contributed by atoms with Gasteiger partial charge in [-0.25, -0.2) is 0 Å². The molecule has 1 aliphatic carbocycles. The van der Waals surface area contributed by atoms with Gasteiger partial charge in [0.05, 0.1) is 14.2 Å². The van der Waals surface area contributed by atoms with Crippen LogP contribution in [0.2, 0.25) is 0 Å². The molecule has 6 heteroatoms. The fraction of sp³-hybridized carbons (Fsp3) is 0.259. The zero-order chi connectivity index (χ0) is 23.4. The van der Waals surface area contributed by atoms with Gasteiger partial charge in [0.1, 0.15) is 0 Å². The van der Waals surface area contributed by atoms with Crippen LogP contribution in [0.5, 0.6) is 17.2 Å². The zero-order valence-corrected chi connectivity index (χ0v) is 19.0. The molecule has 170 valence electrons. The Kier molecular flexibility index (Phi) is 6.63. The van der Waals surface area contributed by atoms with Crippen LogP contribution in [0.4, 0.5) is 0 Å². The molecule has 0 radical (unpaired) electrons. The summed E-state index contributed by atoms with van der Waals surface area (Å²) >= 11 is 0. The van der Waals surface area contributed by atoms with Crippen molar-refractivity contribution in [2.75, 3.05) is 14.2 Å². The molecule has 0 saturated carbocycles. The monoisotopic (exact) mass is 444 g/mol. The fourth-order valence-corrected chi connectivity index (χ4v) is 4.46. The van der Waals surface area contributed by atoms with E-state index in [1.807, 2.05) is 24.3 Å². The van der Waals surface area contributed by atoms with Gasteiger partial charge in [0.2, 0.25) is 11.7 Å². The Hall–Kier alpha value is -3.80. The minimum atomic E-state index is -0.0230. The first-order valence-electron chi connectivity index (χ1n) is 10.9. The highest BCUT2D eigenvalue weighted by Crippen LogP contribution is 2.48. The van der Waals surface area contributed by atoms with Crippen LogP contribution < -0.4 is 14.8 Å². The van der Waals surface area contributed by atoms with Gasteiger partial charge in [-0.15, -0.1) is 0 Å². The van der Waals surface area contributed by atoms with Gasteiger partial charge in [-0.1, -0.05) is 43.3 Å². The molecule has 0 aliphatic heterocycles. The molecule has 0 saturated heterocycles. The lowest BCUT2D eigenvalue weighted by Gasteiger charge is -2.17. The summed E-state index contributed by atoms with van der Waals surface area (Å²) in [6.45, 7) is 2.62. The molecule has 0 fully saturated rings. The maximum absolute atomic E-state index is 12.8. The number of ether oxygens (including phenoxy) is 2. The van der Waals surface area contributed by atoms with Gasteiger partial charge in [-0.2, -0.15) is 0 Å². The second-order valence-corrected chi connectivity index (χ2v) is 8.20. The van der Waals surface area contributed by atoms with E-state index >= 15 is 0 Å². The molecule has 2 unspecified atom stereocenters. The molecule has 1 aliphatic rings. The molecule has 6 nitrogen and oxygen atoms in total. The molecule has 4 rings (SSSR count). The van der Waals surface area contributed by atoms with Crippen molar-refractivity contribution in [3.05, 3.63) is 83.2 Å². The third kappa shape index (κ3) is 4.70. The topological polar surface area (TPSA) is 80.7 Å². The van der Waals surface area contributed by atoms with E-state index in [9.17, 15) is 9.90 Å². The molecular formula is C27H28N2O4. The maximum Gasteiger partial charge on any atom is 0.220 e. The summed E-state index contributed by atoms with van der Waals surface area (Å²) in [5.74, 6) is 0.905. The van der Waals surface area contributed by atoms with Crippen molar-refractivity contribution in [2.24, 2.45) is 5.92 Å². The van der Waals surface area contributed by atoms with Crippen LogP contribution in [0.25, 0.3) is 11.6 Å². The highest BCUT2D eigenvalue weighted by Gasteiger charge is 2.34. The number of benzene rings is 2. The smallest absolute Gasteiger partial charge is 0.220 e. The number of hydrogen-bond donors (Lipinski definition) is 2. The molecule has 3 aromatic rings. The summed E-state index contributed by atoms with van der Waals surface area (Å²) in [6.07, 6.45) is 5.96. The minimum Gasteiger partial charge on any atom is -0.502 e. The number of phenolic OH excluding ortho intramolecular Hbond substituents is 1. The van der Waals surface area contributed by atoms with Crippen LogP contribution in [0.3, 0.4) is 0 Å². The number of allylic oxidation sites excluding steroid dienone is 1. The van der Waals surface area contributed by atoms with Gasteiger partial charge in [-0.3, -0.25) is 9.78 Å². The molecule has 2 aromatic carbocycles. The average Bonchev–Trinajstić information content (AvgIpc) is 3.10. The number of phenols is 1. The summed E-state index contributed by atoms with van der Waals surface area (Å²) in [7, 11) is 3.03. The lowest BCUT2D eigenvalue weighted by molar-refractivity contribution is -0.121. The van der Waals surface area contributed by atoms with E-state index in [4.69, 9.17) is 9.47 Å². The van der Waals surface area contributed by atoms with Crippen LogP contribution in [0, 0.1) is 5.92 Å². The summed E-state index contributed by atoms with van der Waals surface area (Å²) in [5, 5.41) is 13.3. The Morgan fingerprint density at radius 1 is 1.12 bits per heavy atom. The number of methoxy groups -OCH3 is 2. The number of fused-ring (bicyclic) bond motifs is 1. The number of aromatic nitrogens is 1. The molecule has 0 bridgehead atoms. The third-order valence-corrected chi connectivity index (χ3v) is 6.21. The Morgan fingerprint density at radius 2 is 1.85 bits per heavy atom. The molecule has 0 spiro atoms. The number of aromatic hydroxyl groups is 1. The molecule has 1 heterocycles. The normalized spacial score (nSPS) is 18.1. The number of rotatable bonds is 7. The van der Waals surface area contributed by atoms with Gasteiger partial charge in [0.25, 0.3) is 0 Å². The van der Waals surface area contributed by atoms with E-state index in [1.54, 1.807) is 24.5 Å². The first-order chi connectivity index (χ1) is 16.0. The quantitative estimate of drug-likeness (QED) is 0.548. The Morgan fingerprint density at radius 3 is 2.52 bits per heavy atom. The van der Waals surface area contributed by atoms with E-state index in [0.29, 0.717) is 24.5 Å². The average molecular weight is 445 g/mol. The van der Waals surface area contributed by atoms with Crippen LogP contribution in [-0.2, 0) is 11.3 Å². The second kappa shape index (κ2) is 9.77. The Bertz CT molecular complexity index is 1150. The van der Waals surface area contributed by atoms with Gasteiger partial charge < -0.3 is 19.9 Å². The van der Waals surface area contributed by atoms with Crippen molar-refractivity contribution in [1.82, 2.24) is 10.3 Å². The Labute approximate surface area is 193 Å². The molecular weight excluding hydrogens is 416 g/mol. The van der Waals surface area contributed by atoms with Crippen molar-refractivity contribution in [2.45, 2.75) is 25.8 Å². The second-order valence-electron chi connectivity index (χ2n) is 8.20. The van der Waals surface area contributed by atoms with Crippen molar-refractivity contribution in [3.8, 4) is 17.2 Å².